The molecule has 0 aliphatic carbocycles. The molecule has 0 saturated heterocycles. The van der Waals surface area contributed by atoms with Gasteiger partial charge in [0.25, 0.3) is 0 Å². The molecule has 106 valence electrons. The van der Waals surface area contributed by atoms with Crippen molar-refractivity contribution in [1.29, 1.82) is 0 Å². The van der Waals surface area contributed by atoms with E-state index in [1.807, 2.05) is 19.1 Å². The van der Waals surface area contributed by atoms with Gasteiger partial charge in [0.05, 0.1) is 0 Å². The Labute approximate surface area is 116 Å². The number of nitrogens with zero attached hydrogens (tertiary/aromatic N) is 1. The van der Waals surface area contributed by atoms with E-state index in [0.29, 0.717) is 18.5 Å². The largest absolute Gasteiger partial charge is 0.368 e. The van der Waals surface area contributed by atoms with Gasteiger partial charge in [0.15, 0.2) is 0 Å². The molecule has 1 atom stereocenters. The molecule has 6 nitrogen and oxygen atoms in total. The molecule has 3 amide bonds. The quantitative estimate of drug-likeness (QED) is 0.789. The summed E-state index contributed by atoms with van der Waals surface area (Å²) in [4.78, 5) is 36.8. The Morgan fingerprint density at radius 1 is 1.40 bits per heavy atom. The van der Waals surface area contributed by atoms with Gasteiger partial charge in [-0.3, -0.25) is 14.4 Å². The van der Waals surface area contributed by atoms with Crippen LogP contribution in [0.5, 0.6) is 0 Å². The average Bonchev–Trinajstić information content (AvgIpc) is 2.54. The van der Waals surface area contributed by atoms with Crippen LogP contribution < -0.4 is 11.1 Å². The van der Waals surface area contributed by atoms with Crippen LogP contribution in [0.1, 0.15) is 25.3 Å². The van der Waals surface area contributed by atoms with Gasteiger partial charge >= 0.3 is 11.8 Å². The van der Waals surface area contributed by atoms with Crippen molar-refractivity contribution < 1.29 is 14.4 Å². The summed E-state index contributed by atoms with van der Waals surface area (Å²) in [5, 5.41) is 2.56. The van der Waals surface area contributed by atoms with Gasteiger partial charge < -0.3 is 16.0 Å². The van der Waals surface area contributed by atoms with Gasteiger partial charge in [-0.1, -0.05) is 31.5 Å². The molecule has 0 bridgehead atoms. The molecule has 1 aromatic carbocycles. The standard InChI is InChI=1S/C14H17N3O3/c1-2-5-11(12(15)18)17-8-9-6-3-4-7-10(9)16-13(19)14(17)20/h3-4,6-7,11H,2,5,8H2,1H3,(H2,15,18)(H,16,19)/t11-/m0/s1. The summed E-state index contributed by atoms with van der Waals surface area (Å²) >= 11 is 0. The van der Waals surface area contributed by atoms with Crippen LogP contribution in [0.2, 0.25) is 0 Å². The fourth-order valence-corrected chi connectivity index (χ4v) is 2.32. The molecule has 0 radical (unpaired) electrons. The molecule has 6 heteroatoms. The second kappa shape index (κ2) is 5.73. The number of carbonyl (C=O) groups excluding carboxylic acids is 3. The van der Waals surface area contributed by atoms with Crippen molar-refractivity contribution in [1.82, 2.24) is 4.90 Å². The minimum Gasteiger partial charge on any atom is -0.368 e. The predicted molar refractivity (Wildman–Crippen MR) is 73.5 cm³/mol. The zero-order valence-corrected chi connectivity index (χ0v) is 11.3. The number of benzene rings is 1. The molecule has 0 aromatic heterocycles. The highest BCUT2D eigenvalue weighted by Gasteiger charge is 2.34. The van der Waals surface area contributed by atoms with Crippen molar-refractivity contribution >= 4 is 23.4 Å². The number of amides is 3. The average molecular weight is 275 g/mol. The van der Waals surface area contributed by atoms with Crippen LogP contribution >= 0.6 is 0 Å². The molecule has 1 heterocycles. The Balaban J connectivity index is 2.39. The molecule has 0 unspecified atom stereocenters. The maximum atomic E-state index is 12.1. The number of para-hydroxylation sites is 1. The number of nitrogens with one attached hydrogen (secondary N) is 1. The first-order valence-electron chi connectivity index (χ1n) is 6.53. The number of fused-ring (bicyclic) bond motifs is 1. The number of primary amides is 1. The van der Waals surface area contributed by atoms with Gasteiger partial charge in [-0.2, -0.15) is 0 Å². The first-order valence-corrected chi connectivity index (χ1v) is 6.53. The van der Waals surface area contributed by atoms with Gasteiger partial charge in [-0.25, -0.2) is 0 Å². The number of hydrogen-bond donors (Lipinski definition) is 2. The van der Waals surface area contributed by atoms with Crippen molar-refractivity contribution in [3.05, 3.63) is 29.8 Å². The summed E-state index contributed by atoms with van der Waals surface area (Å²) < 4.78 is 0. The summed E-state index contributed by atoms with van der Waals surface area (Å²) in [6.07, 6.45) is 1.14. The van der Waals surface area contributed by atoms with Crippen LogP contribution in [0.25, 0.3) is 0 Å². The number of rotatable bonds is 4. The Kier molecular flexibility index (Phi) is 4.02. The number of nitrogens with two attached hydrogens (primary N) is 1. The lowest BCUT2D eigenvalue weighted by Gasteiger charge is -2.27. The summed E-state index contributed by atoms with van der Waals surface area (Å²) in [7, 11) is 0. The lowest BCUT2D eigenvalue weighted by molar-refractivity contribution is -0.147. The van der Waals surface area contributed by atoms with E-state index < -0.39 is 23.8 Å². The van der Waals surface area contributed by atoms with Crippen LogP contribution in [-0.2, 0) is 20.9 Å². The maximum Gasteiger partial charge on any atom is 0.313 e. The molecule has 1 aliphatic rings. The molecular formula is C14H17N3O3. The SMILES string of the molecule is CCC[C@@H](C(N)=O)N1Cc2ccccc2NC(=O)C1=O. The van der Waals surface area contributed by atoms with Crippen LogP contribution in [0.15, 0.2) is 24.3 Å². The number of hydrogen-bond acceptors (Lipinski definition) is 3. The van der Waals surface area contributed by atoms with Crippen LogP contribution in [0.3, 0.4) is 0 Å². The second-order valence-corrected chi connectivity index (χ2v) is 4.75. The third-order valence-corrected chi connectivity index (χ3v) is 3.33. The van der Waals surface area contributed by atoms with E-state index in [4.69, 9.17) is 5.73 Å². The van der Waals surface area contributed by atoms with Crippen LogP contribution in [0, 0.1) is 0 Å². The Morgan fingerprint density at radius 3 is 2.75 bits per heavy atom. The highest BCUT2D eigenvalue weighted by molar-refractivity contribution is 6.40. The van der Waals surface area contributed by atoms with Crippen molar-refractivity contribution in [2.45, 2.75) is 32.4 Å². The summed E-state index contributed by atoms with van der Waals surface area (Å²) in [5.41, 5.74) is 6.74. The minimum atomic E-state index is -0.760. The van der Waals surface area contributed by atoms with E-state index in [1.165, 1.54) is 4.90 Å². The monoisotopic (exact) mass is 275 g/mol. The molecule has 3 N–H and O–H groups in total. The maximum absolute atomic E-state index is 12.1. The van der Waals surface area contributed by atoms with Crippen LogP contribution in [0.4, 0.5) is 5.69 Å². The normalized spacial score (nSPS) is 16.1. The molecule has 0 saturated carbocycles. The minimum absolute atomic E-state index is 0.196. The van der Waals surface area contributed by atoms with E-state index in [0.717, 1.165) is 5.56 Å². The number of carbonyl (C=O) groups is 3. The fraction of sp³-hybridized carbons (Fsp3) is 0.357. The van der Waals surface area contributed by atoms with E-state index in [-0.39, 0.29) is 6.54 Å². The molecular weight excluding hydrogens is 258 g/mol. The van der Waals surface area contributed by atoms with Gasteiger partial charge in [0.1, 0.15) is 6.04 Å². The van der Waals surface area contributed by atoms with Gasteiger partial charge in [-0.05, 0) is 18.1 Å². The number of anilines is 1. The van der Waals surface area contributed by atoms with E-state index in [1.54, 1.807) is 12.1 Å². The van der Waals surface area contributed by atoms with Crippen molar-refractivity contribution in [2.24, 2.45) is 5.73 Å². The van der Waals surface area contributed by atoms with Gasteiger partial charge in [-0.15, -0.1) is 0 Å². The van der Waals surface area contributed by atoms with Crippen molar-refractivity contribution in [3.63, 3.8) is 0 Å². The fourth-order valence-electron chi connectivity index (χ4n) is 2.32. The molecule has 1 aliphatic heterocycles. The van der Waals surface area contributed by atoms with Crippen molar-refractivity contribution in [3.8, 4) is 0 Å². The Morgan fingerprint density at radius 2 is 2.10 bits per heavy atom. The first kappa shape index (κ1) is 14.0. The molecule has 20 heavy (non-hydrogen) atoms. The topological polar surface area (TPSA) is 92.5 Å². The third-order valence-electron chi connectivity index (χ3n) is 3.33. The molecule has 1 aromatic rings. The molecule has 0 fully saturated rings. The summed E-state index contributed by atoms with van der Waals surface area (Å²) in [6, 6.07) is 6.37. The molecule has 0 spiro atoms. The highest BCUT2D eigenvalue weighted by Crippen LogP contribution is 2.23. The smallest absolute Gasteiger partial charge is 0.313 e. The first-order chi connectivity index (χ1) is 9.54. The summed E-state index contributed by atoms with van der Waals surface area (Å²) in [5.74, 6) is -2.05. The highest BCUT2D eigenvalue weighted by atomic mass is 16.2. The van der Waals surface area contributed by atoms with Crippen molar-refractivity contribution in [2.75, 3.05) is 5.32 Å². The zero-order valence-electron chi connectivity index (χ0n) is 11.3. The second-order valence-electron chi connectivity index (χ2n) is 4.75. The van der Waals surface area contributed by atoms with E-state index in [2.05, 4.69) is 5.32 Å². The predicted octanol–water partition coefficient (Wildman–Crippen LogP) is 0.621. The molecule has 2 rings (SSSR count). The van der Waals surface area contributed by atoms with E-state index in [9.17, 15) is 14.4 Å². The lowest BCUT2D eigenvalue weighted by atomic mass is 10.1. The van der Waals surface area contributed by atoms with Crippen LogP contribution in [-0.4, -0.2) is 28.7 Å². The van der Waals surface area contributed by atoms with Gasteiger partial charge in [0, 0.05) is 12.2 Å². The van der Waals surface area contributed by atoms with Gasteiger partial charge in [0.2, 0.25) is 5.91 Å². The Bertz CT molecular complexity index is 556. The van der Waals surface area contributed by atoms with E-state index >= 15 is 0 Å². The summed E-state index contributed by atoms with van der Waals surface area (Å²) in [6.45, 7) is 2.09. The zero-order chi connectivity index (χ0) is 14.7. The Hall–Kier alpha value is -2.37. The lowest BCUT2D eigenvalue weighted by Crippen LogP contribution is -2.49. The third kappa shape index (κ3) is 2.64.